The van der Waals surface area contributed by atoms with E-state index in [4.69, 9.17) is 14.0 Å². The largest absolute Gasteiger partial charge is 0.491 e. The summed E-state index contributed by atoms with van der Waals surface area (Å²) in [7, 11) is 1.93. The maximum absolute atomic E-state index is 5.69. The number of hydrogen-bond donors (Lipinski definition) is 1. The van der Waals surface area contributed by atoms with E-state index in [9.17, 15) is 0 Å². The second-order valence-electron chi connectivity index (χ2n) is 4.99. The molecule has 1 atom stereocenters. The van der Waals surface area contributed by atoms with Crippen molar-refractivity contribution >= 4 is 0 Å². The molecule has 21 heavy (non-hydrogen) atoms. The van der Waals surface area contributed by atoms with E-state index in [0.717, 1.165) is 29.9 Å². The Morgan fingerprint density at radius 1 is 1.43 bits per heavy atom. The molecule has 1 aromatic heterocycles. The summed E-state index contributed by atoms with van der Waals surface area (Å²) < 4.78 is 16.5. The van der Waals surface area contributed by atoms with Gasteiger partial charge < -0.3 is 19.3 Å². The molecule has 0 aliphatic carbocycles. The second kappa shape index (κ2) is 6.13. The van der Waals surface area contributed by atoms with Crippen molar-refractivity contribution in [1.82, 2.24) is 15.5 Å². The molecule has 2 heterocycles. The Morgan fingerprint density at radius 2 is 2.33 bits per heavy atom. The third-order valence-electron chi connectivity index (χ3n) is 3.46. The van der Waals surface area contributed by atoms with Gasteiger partial charge in [-0.15, -0.1) is 0 Å². The van der Waals surface area contributed by atoms with Crippen molar-refractivity contribution in [2.75, 3.05) is 13.7 Å². The average molecular weight is 289 g/mol. The smallest absolute Gasteiger partial charge is 0.226 e. The van der Waals surface area contributed by atoms with Crippen LogP contribution >= 0.6 is 0 Å². The Labute approximate surface area is 123 Å². The summed E-state index contributed by atoms with van der Waals surface area (Å²) in [6.45, 7) is 3.02. The van der Waals surface area contributed by atoms with Crippen LogP contribution in [0.4, 0.5) is 0 Å². The topological polar surface area (TPSA) is 69.4 Å². The van der Waals surface area contributed by atoms with Gasteiger partial charge in [-0.3, -0.25) is 0 Å². The van der Waals surface area contributed by atoms with Crippen LogP contribution in [0, 0.1) is 0 Å². The average Bonchev–Trinajstić information content (AvgIpc) is 3.11. The lowest BCUT2D eigenvalue weighted by atomic mass is 10.1. The predicted molar refractivity (Wildman–Crippen MR) is 76.4 cm³/mol. The number of rotatable bonds is 6. The highest BCUT2D eigenvalue weighted by Gasteiger charge is 2.22. The minimum atomic E-state index is 0.253. The Kier molecular flexibility index (Phi) is 4.06. The van der Waals surface area contributed by atoms with Crippen LogP contribution in [0.3, 0.4) is 0 Å². The van der Waals surface area contributed by atoms with E-state index < -0.39 is 0 Å². The highest BCUT2D eigenvalue weighted by atomic mass is 16.5. The molecule has 6 heteroatoms. The van der Waals surface area contributed by atoms with Crippen LogP contribution in [-0.4, -0.2) is 23.8 Å². The first-order valence-electron chi connectivity index (χ1n) is 7.18. The van der Waals surface area contributed by atoms with Gasteiger partial charge in [-0.05, 0) is 25.6 Å². The highest BCUT2D eigenvalue weighted by molar-refractivity contribution is 5.44. The molecular formula is C15H19N3O3. The molecule has 0 amide bonds. The molecule has 0 saturated carbocycles. The summed E-state index contributed by atoms with van der Waals surface area (Å²) in [4.78, 5) is 4.27. The first kappa shape index (κ1) is 13.9. The maximum atomic E-state index is 5.69. The molecular weight excluding hydrogens is 270 g/mol. The fourth-order valence-electron chi connectivity index (χ4n) is 2.33. The molecule has 0 spiro atoms. The zero-order valence-electron chi connectivity index (χ0n) is 12.3. The van der Waals surface area contributed by atoms with Crippen LogP contribution in [-0.2, 0) is 13.0 Å². The van der Waals surface area contributed by atoms with Crippen LogP contribution in [0.5, 0.6) is 11.5 Å². The molecule has 0 saturated heterocycles. The van der Waals surface area contributed by atoms with Crippen molar-refractivity contribution in [3.8, 4) is 11.5 Å². The standard InChI is InChI=1S/C15H19N3O3/c1-3-4-15-17-14(18-21-15)9-19-10-5-6-11-12(16-2)8-20-13(11)7-10/h5-7,12,16H,3-4,8-9H2,1-2H3. The van der Waals surface area contributed by atoms with Gasteiger partial charge in [0.15, 0.2) is 6.61 Å². The van der Waals surface area contributed by atoms with Crippen molar-refractivity contribution in [3.05, 3.63) is 35.5 Å². The number of nitrogens with zero attached hydrogens (tertiary/aromatic N) is 2. The van der Waals surface area contributed by atoms with Gasteiger partial charge in [0.05, 0.1) is 6.04 Å². The Hall–Kier alpha value is -2.08. The zero-order valence-corrected chi connectivity index (χ0v) is 12.3. The molecule has 1 N–H and O–H groups in total. The van der Waals surface area contributed by atoms with Crippen molar-refractivity contribution < 1.29 is 14.0 Å². The number of benzene rings is 1. The molecule has 1 aliphatic rings. The van der Waals surface area contributed by atoms with Gasteiger partial charge in [0.1, 0.15) is 18.1 Å². The molecule has 0 bridgehead atoms. The summed E-state index contributed by atoms with van der Waals surface area (Å²) in [5.41, 5.74) is 1.16. The van der Waals surface area contributed by atoms with Gasteiger partial charge in [-0.2, -0.15) is 4.98 Å². The summed E-state index contributed by atoms with van der Waals surface area (Å²) in [6.07, 6.45) is 1.78. The quantitative estimate of drug-likeness (QED) is 0.879. The van der Waals surface area contributed by atoms with Gasteiger partial charge in [0.2, 0.25) is 11.7 Å². The van der Waals surface area contributed by atoms with Crippen molar-refractivity contribution in [1.29, 1.82) is 0 Å². The number of aromatic nitrogens is 2. The summed E-state index contributed by atoms with van der Waals surface area (Å²) in [5.74, 6) is 2.83. The van der Waals surface area contributed by atoms with E-state index in [1.165, 1.54) is 0 Å². The number of hydrogen-bond acceptors (Lipinski definition) is 6. The third kappa shape index (κ3) is 3.00. The molecule has 6 nitrogen and oxygen atoms in total. The number of nitrogens with one attached hydrogen (secondary N) is 1. The number of ether oxygens (including phenoxy) is 2. The van der Waals surface area contributed by atoms with Gasteiger partial charge in [-0.1, -0.05) is 12.1 Å². The second-order valence-corrected chi connectivity index (χ2v) is 4.99. The molecule has 2 aromatic rings. The van der Waals surface area contributed by atoms with E-state index in [1.54, 1.807) is 0 Å². The maximum Gasteiger partial charge on any atom is 0.226 e. The van der Waals surface area contributed by atoms with Crippen LogP contribution in [0.15, 0.2) is 22.7 Å². The van der Waals surface area contributed by atoms with Crippen molar-refractivity contribution in [2.45, 2.75) is 32.4 Å². The summed E-state index contributed by atoms with van der Waals surface area (Å²) in [5, 5.41) is 7.11. The number of aryl methyl sites for hydroxylation is 1. The number of fused-ring (bicyclic) bond motifs is 1. The van der Waals surface area contributed by atoms with Crippen molar-refractivity contribution in [3.63, 3.8) is 0 Å². The highest BCUT2D eigenvalue weighted by Crippen LogP contribution is 2.35. The predicted octanol–water partition coefficient (Wildman–Crippen LogP) is 2.25. The van der Waals surface area contributed by atoms with Gasteiger partial charge in [-0.25, -0.2) is 0 Å². The van der Waals surface area contributed by atoms with Crippen LogP contribution < -0.4 is 14.8 Å². The third-order valence-corrected chi connectivity index (χ3v) is 3.46. The minimum absolute atomic E-state index is 0.253. The van der Waals surface area contributed by atoms with E-state index in [2.05, 4.69) is 22.4 Å². The van der Waals surface area contributed by atoms with E-state index >= 15 is 0 Å². The normalized spacial score (nSPS) is 16.6. The molecule has 1 unspecified atom stereocenters. The molecule has 1 aliphatic heterocycles. The van der Waals surface area contributed by atoms with E-state index in [1.807, 2.05) is 25.2 Å². The fraction of sp³-hybridized carbons (Fsp3) is 0.467. The van der Waals surface area contributed by atoms with Crippen LogP contribution in [0.2, 0.25) is 0 Å². The molecule has 0 fully saturated rings. The van der Waals surface area contributed by atoms with Crippen LogP contribution in [0.25, 0.3) is 0 Å². The molecule has 3 rings (SSSR count). The summed E-state index contributed by atoms with van der Waals surface area (Å²) >= 11 is 0. The Bertz CT molecular complexity index is 612. The van der Waals surface area contributed by atoms with Gasteiger partial charge in [0, 0.05) is 18.1 Å². The number of likely N-dealkylation sites (N-methyl/N-ethyl adjacent to an activating group) is 1. The van der Waals surface area contributed by atoms with Crippen LogP contribution in [0.1, 0.15) is 36.7 Å². The summed E-state index contributed by atoms with van der Waals surface area (Å²) in [6, 6.07) is 6.12. The van der Waals surface area contributed by atoms with Gasteiger partial charge >= 0.3 is 0 Å². The molecule has 112 valence electrons. The first-order chi connectivity index (χ1) is 10.3. The SMILES string of the molecule is CCCc1nc(COc2ccc3c(c2)OCC3NC)no1. The molecule has 0 radical (unpaired) electrons. The van der Waals surface area contributed by atoms with Gasteiger partial charge in [0.25, 0.3) is 0 Å². The molecule has 1 aromatic carbocycles. The fourth-order valence-corrected chi connectivity index (χ4v) is 2.33. The Balaban J connectivity index is 1.63. The Morgan fingerprint density at radius 3 is 3.14 bits per heavy atom. The first-order valence-corrected chi connectivity index (χ1v) is 7.18. The monoisotopic (exact) mass is 289 g/mol. The van der Waals surface area contributed by atoms with Crippen molar-refractivity contribution in [2.24, 2.45) is 0 Å². The minimum Gasteiger partial charge on any atom is -0.491 e. The lowest BCUT2D eigenvalue weighted by Gasteiger charge is -2.07. The zero-order chi connectivity index (χ0) is 14.7. The van der Waals surface area contributed by atoms with E-state index in [-0.39, 0.29) is 6.04 Å². The lowest BCUT2D eigenvalue weighted by Crippen LogP contribution is -2.17. The lowest BCUT2D eigenvalue weighted by molar-refractivity contribution is 0.281. The van der Waals surface area contributed by atoms with E-state index in [0.29, 0.717) is 24.9 Å².